The van der Waals surface area contributed by atoms with Crippen LogP contribution in [-0.4, -0.2) is 54.5 Å². The first kappa shape index (κ1) is 14.4. The summed E-state index contributed by atoms with van der Waals surface area (Å²) < 4.78 is 23.1. The summed E-state index contributed by atoms with van der Waals surface area (Å²) in [6.07, 6.45) is 1.90. The van der Waals surface area contributed by atoms with Crippen LogP contribution in [0.4, 0.5) is 0 Å². The molecular weight excluding hydrogens is 242 g/mol. The normalized spacial score (nSPS) is 26.6. The van der Waals surface area contributed by atoms with E-state index in [1.165, 1.54) is 0 Å². The molecule has 2 atom stereocenters. The van der Waals surface area contributed by atoms with Crippen molar-refractivity contribution in [1.82, 2.24) is 4.90 Å². The molecule has 1 aliphatic rings. The van der Waals surface area contributed by atoms with Crippen LogP contribution in [0.1, 0.15) is 33.1 Å². The van der Waals surface area contributed by atoms with Gasteiger partial charge in [0.15, 0.2) is 9.84 Å². The molecular formula is C11H21NO4S. The third-order valence-electron chi connectivity index (χ3n) is 3.26. The number of rotatable bonds is 5. The number of carbonyl (C=O) groups is 1. The van der Waals surface area contributed by atoms with Gasteiger partial charge in [-0.15, -0.1) is 0 Å². The Morgan fingerprint density at radius 3 is 2.71 bits per heavy atom. The summed E-state index contributed by atoms with van der Waals surface area (Å²) in [6, 6.07) is -0.118. The number of hydrogen-bond acceptors (Lipinski definition) is 4. The lowest BCUT2D eigenvalue weighted by Gasteiger charge is -2.38. The van der Waals surface area contributed by atoms with Crippen LogP contribution in [-0.2, 0) is 14.6 Å². The molecule has 1 heterocycles. The molecule has 1 aliphatic heterocycles. The molecule has 0 aromatic rings. The van der Waals surface area contributed by atoms with Crippen molar-refractivity contribution in [3.05, 3.63) is 0 Å². The fourth-order valence-electron chi connectivity index (χ4n) is 2.44. The van der Waals surface area contributed by atoms with E-state index < -0.39 is 15.8 Å². The Hall–Kier alpha value is -0.620. The highest BCUT2D eigenvalue weighted by Crippen LogP contribution is 2.20. The molecule has 1 N–H and O–H groups in total. The van der Waals surface area contributed by atoms with Gasteiger partial charge in [-0.25, -0.2) is 8.42 Å². The number of hydrogen-bond donors (Lipinski definition) is 1. The van der Waals surface area contributed by atoms with Gasteiger partial charge in [-0.1, -0.05) is 13.3 Å². The van der Waals surface area contributed by atoms with Gasteiger partial charge in [0.1, 0.15) is 0 Å². The van der Waals surface area contributed by atoms with Crippen LogP contribution < -0.4 is 0 Å². The summed E-state index contributed by atoms with van der Waals surface area (Å²) >= 11 is 0. The van der Waals surface area contributed by atoms with Crippen LogP contribution in [0.25, 0.3) is 0 Å². The van der Waals surface area contributed by atoms with E-state index in [1.807, 2.05) is 11.8 Å². The maximum absolute atomic E-state index is 11.5. The Morgan fingerprint density at radius 2 is 2.18 bits per heavy atom. The lowest BCUT2D eigenvalue weighted by molar-refractivity contribution is -0.138. The van der Waals surface area contributed by atoms with Crippen molar-refractivity contribution in [3.8, 4) is 0 Å². The van der Waals surface area contributed by atoms with Crippen molar-refractivity contribution in [2.24, 2.45) is 0 Å². The first-order valence-electron chi connectivity index (χ1n) is 6.03. The largest absolute Gasteiger partial charge is 0.481 e. The molecule has 0 bridgehead atoms. The van der Waals surface area contributed by atoms with Gasteiger partial charge in [0.05, 0.1) is 17.9 Å². The van der Waals surface area contributed by atoms with Crippen molar-refractivity contribution in [1.29, 1.82) is 0 Å². The van der Waals surface area contributed by atoms with Gasteiger partial charge in [-0.05, 0) is 13.3 Å². The van der Waals surface area contributed by atoms with Gasteiger partial charge in [0, 0.05) is 18.6 Å². The van der Waals surface area contributed by atoms with Crippen LogP contribution in [0.2, 0.25) is 0 Å². The third-order valence-corrected chi connectivity index (χ3v) is 4.96. The second-order valence-electron chi connectivity index (χ2n) is 4.74. The minimum atomic E-state index is -3.06. The topological polar surface area (TPSA) is 74.7 Å². The molecule has 0 amide bonds. The molecule has 1 saturated heterocycles. The van der Waals surface area contributed by atoms with Crippen molar-refractivity contribution in [2.75, 3.05) is 18.1 Å². The summed E-state index contributed by atoms with van der Waals surface area (Å²) in [5.41, 5.74) is 0. The summed E-state index contributed by atoms with van der Waals surface area (Å²) in [6.45, 7) is 4.57. The van der Waals surface area contributed by atoms with Gasteiger partial charge >= 0.3 is 5.97 Å². The molecule has 0 aliphatic carbocycles. The molecule has 0 saturated carbocycles. The lowest BCUT2D eigenvalue weighted by Crippen LogP contribution is -2.52. The summed E-state index contributed by atoms with van der Waals surface area (Å²) in [4.78, 5) is 12.8. The summed E-state index contributed by atoms with van der Waals surface area (Å²) in [7, 11) is -3.06. The minimum absolute atomic E-state index is 0.0205. The monoisotopic (exact) mass is 263 g/mol. The summed E-state index contributed by atoms with van der Waals surface area (Å²) in [5, 5.41) is 8.84. The molecule has 2 unspecified atom stereocenters. The molecule has 5 nitrogen and oxygen atoms in total. The van der Waals surface area contributed by atoms with E-state index in [4.69, 9.17) is 5.11 Å². The molecule has 17 heavy (non-hydrogen) atoms. The SMILES string of the molecule is CCCC(C)N1CCS(=O)(=O)CC1CC(=O)O. The van der Waals surface area contributed by atoms with E-state index in [0.717, 1.165) is 12.8 Å². The fraction of sp³-hybridized carbons (Fsp3) is 0.909. The Morgan fingerprint density at radius 1 is 1.53 bits per heavy atom. The Labute approximate surface area is 103 Å². The quantitative estimate of drug-likeness (QED) is 0.792. The molecule has 1 rings (SSSR count). The lowest BCUT2D eigenvalue weighted by atomic mass is 10.1. The maximum Gasteiger partial charge on any atom is 0.304 e. The van der Waals surface area contributed by atoms with Crippen LogP contribution in [0.15, 0.2) is 0 Å². The molecule has 100 valence electrons. The number of sulfone groups is 1. The van der Waals surface area contributed by atoms with Crippen LogP contribution >= 0.6 is 0 Å². The molecule has 1 fully saturated rings. The number of carboxylic acids is 1. The standard InChI is InChI=1S/C11H21NO4S/c1-3-4-9(2)12-5-6-17(15,16)8-10(12)7-11(13)14/h9-10H,3-8H2,1-2H3,(H,13,14). The minimum Gasteiger partial charge on any atom is -0.481 e. The molecule has 0 spiro atoms. The number of carboxylic acid groups (broad SMARTS) is 1. The smallest absolute Gasteiger partial charge is 0.304 e. The number of aliphatic carboxylic acids is 1. The first-order chi connectivity index (χ1) is 7.85. The average Bonchev–Trinajstić information content (AvgIpc) is 2.15. The van der Waals surface area contributed by atoms with E-state index in [1.54, 1.807) is 0 Å². The second-order valence-corrected chi connectivity index (χ2v) is 6.97. The molecule has 0 aromatic heterocycles. The zero-order chi connectivity index (χ0) is 13.1. The van der Waals surface area contributed by atoms with Crippen molar-refractivity contribution < 1.29 is 18.3 Å². The average molecular weight is 263 g/mol. The first-order valence-corrected chi connectivity index (χ1v) is 7.86. The van der Waals surface area contributed by atoms with Gasteiger partial charge < -0.3 is 5.11 Å². The zero-order valence-electron chi connectivity index (χ0n) is 10.4. The Kier molecular flexibility index (Phi) is 4.94. The predicted octanol–water partition coefficient (Wildman–Crippen LogP) is 0.749. The highest BCUT2D eigenvalue weighted by atomic mass is 32.2. The molecule has 6 heteroatoms. The second kappa shape index (κ2) is 5.82. The molecule has 0 radical (unpaired) electrons. The maximum atomic E-state index is 11.5. The predicted molar refractivity (Wildman–Crippen MR) is 65.8 cm³/mol. The fourth-order valence-corrected chi connectivity index (χ4v) is 3.99. The van der Waals surface area contributed by atoms with Crippen molar-refractivity contribution in [2.45, 2.75) is 45.2 Å². The van der Waals surface area contributed by atoms with E-state index in [-0.39, 0.29) is 30.0 Å². The molecule has 0 aromatic carbocycles. The van der Waals surface area contributed by atoms with Crippen LogP contribution in [0, 0.1) is 0 Å². The van der Waals surface area contributed by atoms with E-state index >= 15 is 0 Å². The van der Waals surface area contributed by atoms with Gasteiger partial charge in [0.2, 0.25) is 0 Å². The van der Waals surface area contributed by atoms with Crippen LogP contribution in [0.3, 0.4) is 0 Å². The van der Waals surface area contributed by atoms with Crippen LogP contribution in [0.5, 0.6) is 0 Å². The van der Waals surface area contributed by atoms with E-state index in [2.05, 4.69) is 6.92 Å². The Bertz CT molecular complexity index is 366. The van der Waals surface area contributed by atoms with Gasteiger partial charge in [0.25, 0.3) is 0 Å². The number of nitrogens with zero attached hydrogens (tertiary/aromatic N) is 1. The zero-order valence-corrected chi connectivity index (χ0v) is 11.2. The van der Waals surface area contributed by atoms with Crippen molar-refractivity contribution >= 4 is 15.8 Å². The highest BCUT2D eigenvalue weighted by Gasteiger charge is 2.34. The van der Waals surface area contributed by atoms with Crippen molar-refractivity contribution in [3.63, 3.8) is 0 Å². The Balaban J connectivity index is 2.76. The third kappa shape index (κ3) is 4.27. The highest BCUT2D eigenvalue weighted by molar-refractivity contribution is 7.91. The van der Waals surface area contributed by atoms with E-state index in [9.17, 15) is 13.2 Å². The van der Waals surface area contributed by atoms with E-state index in [0.29, 0.717) is 6.54 Å². The van der Waals surface area contributed by atoms with Gasteiger partial charge in [-0.2, -0.15) is 0 Å². The van der Waals surface area contributed by atoms with Gasteiger partial charge in [-0.3, -0.25) is 9.69 Å². The summed E-state index contributed by atoms with van der Waals surface area (Å²) in [5.74, 6) is -0.800.